The van der Waals surface area contributed by atoms with Crippen molar-refractivity contribution in [3.63, 3.8) is 0 Å². The van der Waals surface area contributed by atoms with Gasteiger partial charge in [0, 0.05) is 13.5 Å². The van der Waals surface area contributed by atoms with Crippen molar-refractivity contribution < 1.29 is 39.2 Å². The zero-order chi connectivity index (χ0) is 29.8. The lowest BCUT2D eigenvalue weighted by molar-refractivity contribution is -0.186. The molecule has 0 radical (unpaired) electrons. The smallest absolute Gasteiger partial charge is 0.348 e. The summed E-state index contributed by atoms with van der Waals surface area (Å²) in [6.07, 6.45) is -0.922. The number of carbonyl (C=O) groups excluding carboxylic acids is 3. The summed E-state index contributed by atoms with van der Waals surface area (Å²) in [5.74, 6) is -3.58. The highest BCUT2D eigenvalue weighted by molar-refractivity contribution is 5.95. The fourth-order valence-corrected chi connectivity index (χ4v) is 4.66. The van der Waals surface area contributed by atoms with Gasteiger partial charge in [-0.2, -0.15) is 0 Å². The highest BCUT2D eigenvalue weighted by atomic mass is 16.6. The monoisotopic (exact) mass is 545 g/mol. The van der Waals surface area contributed by atoms with Gasteiger partial charge < -0.3 is 35.6 Å². The number of likely N-dealkylation sites (N-methyl/N-ethyl adjacent to an activating group) is 3. The quantitative estimate of drug-likeness (QED) is 0.150. The molecule has 0 rings (SSSR count). The largest absolute Gasteiger partial charge is 0.478 e. The molecular formula is C27H51N3O8. The van der Waals surface area contributed by atoms with E-state index in [2.05, 4.69) is 10.6 Å². The van der Waals surface area contributed by atoms with Crippen LogP contribution in [0.3, 0.4) is 0 Å². The van der Waals surface area contributed by atoms with Gasteiger partial charge in [-0.3, -0.25) is 14.4 Å². The summed E-state index contributed by atoms with van der Waals surface area (Å²) in [6.45, 7) is 10.3. The van der Waals surface area contributed by atoms with Crippen molar-refractivity contribution in [3.05, 3.63) is 0 Å². The number of carboxylic acids is 1. The fourth-order valence-electron chi connectivity index (χ4n) is 4.66. The lowest BCUT2D eigenvalue weighted by atomic mass is 9.83. The average molecular weight is 546 g/mol. The van der Waals surface area contributed by atoms with Crippen molar-refractivity contribution in [1.29, 1.82) is 0 Å². The Morgan fingerprint density at radius 2 is 1.50 bits per heavy atom. The Balaban J connectivity index is 6.36. The molecule has 0 saturated heterocycles. The molecule has 0 aromatic rings. The number of esters is 1. The van der Waals surface area contributed by atoms with Gasteiger partial charge in [-0.25, -0.2) is 4.79 Å². The number of ketones is 1. The van der Waals surface area contributed by atoms with Crippen LogP contribution in [0.25, 0.3) is 0 Å². The van der Waals surface area contributed by atoms with Crippen LogP contribution in [0.2, 0.25) is 0 Å². The Morgan fingerprint density at radius 1 is 0.921 bits per heavy atom. The normalized spacial score (nSPS) is 18.0. The van der Waals surface area contributed by atoms with Gasteiger partial charge in [0.2, 0.25) is 11.5 Å². The van der Waals surface area contributed by atoms with Crippen LogP contribution in [-0.4, -0.2) is 101 Å². The molecule has 11 nitrogen and oxygen atoms in total. The third-order valence-corrected chi connectivity index (χ3v) is 6.83. The van der Waals surface area contributed by atoms with Crippen LogP contribution in [-0.2, 0) is 23.9 Å². The molecule has 0 spiro atoms. The van der Waals surface area contributed by atoms with Gasteiger partial charge in [0.05, 0.1) is 30.7 Å². The summed E-state index contributed by atoms with van der Waals surface area (Å²) in [5.41, 5.74) is -2.31. The standard InChI is InChI=1S/C27H51N3O8/c1-16(2)13-21(29-8)25(35)38-27(26(36)37,14-19(5)32)15-22(33)23(17(3)11-10-12-18(4)31)30(9)24(34)20(6)28-7/h16-21,23,28-29,31-32H,10-15H2,1-9H3,(H,36,37)/t17-,18?,19?,20+,21+,23+,27?/m1/s1. The van der Waals surface area contributed by atoms with E-state index in [1.165, 1.54) is 18.9 Å². The molecule has 0 fully saturated rings. The van der Waals surface area contributed by atoms with Gasteiger partial charge in [-0.05, 0) is 66.0 Å². The Hall–Kier alpha value is -2.08. The van der Waals surface area contributed by atoms with Crippen molar-refractivity contribution in [2.75, 3.05) is 21.1 Å². The van der Waals surface area contributed by atoms with Crippen LogP contribution in [0.15, 0.2) is 0 Å². The number of amides is 1. The molecule has 0 aliphatic heterocycles. The Kier molecular flexibility index (Phi) is 15.9. The molecule has 0 aliphatic carbocycles. The van der Waals surface area contributed by atoms with E-state index >= 15 is 0 Å². The summed E-state index contributed by atoms with van der Waals surface area (Å²) >= 11 is 0. The number of nitrogens with zero attached hydrogens (tertiary/aromatic N) is 1. The number of aliphatic carboxylic acids is 1. The van der Waals surface area contributed by atoms with Gasteiger partial charge in [-0.15, -0.1) is 0 Å². The number of hydrogen-bond donors (Lipinski definition) is 5. The number of aliphatic hydroxyl groups excluding tert-OH is 2. The van der Waals surface area contributed by atoms with Gasteiger partial charge in [0.1, 0.15) is 6.04 Å². The molecule has 0 heterocycles. The molecule has 3 unspecified atom stereocenters. The maximum Gasteiger partial charge on any atom is 0.348 e. The zero-order valence-electron chi connectivity index (χ0n) is 24.6. The second-order valence-electron chi connectivity index (χ2n) is 11.0. The van der Waals surface area contributed by atoms with Crippen LogP contribution >= 0.6 is 0 Å². The minimum Gasteiger partial charge on any atom is -0.478 e. The van der Waals surface area contributed by atoms with E-state index in [0.29, 0.717) is 25.7 Å². The van der Waals surface area contributed by atoms with E-state index in [9.17, 15) is 34.5 Å². The summed E-state index contributed by atoms with van der Waals surface area (Å²) < 4.78 is 5.56. The third-order valence-electron chi connectivity index (χ3n) is 6.83. The van der Waals surface area contributed by atoms with E-state index < -0.39 is 66.5 Å². The maximum absolute atomic E-state index is 13.8. The number of carboxylic acid groups (broad SMARTS) is 1. The molecule has 1 amide bonds. The van der Waals surface area contributed by atoms with E-state index in [1.807, 2.05) is 13.8 Å². The Morgan fingerprint density at radius 3 is 1.92 bits per heavy atom. The Labute approximate surface area is 227 Å². The molecule has 38 heavy (non-hydrogen) atoms. The molecule has 0 bridgehead atoms. The molecule has 0 saturated carbocycles. The number of rotatable bonds is 19. The number of Topliss-reactive ketones (excluding diaryl/α,β-unsaturated/α-hetero) is 1. The number of aliphatic hydroxyl groups is 2. The van der Waals surface area contributed by atoms with E-state index in [-0.39, 0.29) is 17.7 Å². The van der Waals surface area contributed by atoms with Gasteiger partial charge in [0.25, 0.3) is 0 Å². The topological polar surface area (TPSA) is 165 Å². The second kappa shape index (κ2) is 16.8. The summed E-state index contributed by atoms with van der Waals surface area (Å²) in [4.78, 5) is 53.8. The number of ether oxygens (including phenoxy) is 1. The highest BCUT2D eigenvalue weighted by Crippen LogP contribution is 2.29. The maximum atomic E-state index is 13.8. The average Bonchev–Trinajstić information content (AvgIpc) is 2.80. The van der Waals surface area contributed by atoms with Crippen molar-refractivity contribution in [1.82, 2.24) is 15.5 Å². The first-order valence-corrected chi connectivity index (χ1v) is 13.5. The third kappa shape index (κ3) is 11.3. The Bertz CT molecular complexity index is 773. The zero-order valence-corrected chi connectivity index (χ0v) is 24.6. The van der Waals surface area contributed by atoms with Gasteiger partial charge >= 0.3 is 11.9 Å². The van der Waals surface area contributed by atoms with Gasteiger partial charge in [0.15, 0.2) is 5.78 Å². The second-order valence-corrected chi connectivity index (χ2v) is 11.0. The van der Waals surface area contributed by atoms with E-state index in [1.54, 1.807) is 34.9 Å². The predicted octanol–water partition coefficient (Wildman–Crippen LogP) is 1.34. The molecule has 7 atom stereocenters. The van der Waals surface area contributed by atoms with E-state index in [0.717, 1.165) is 0 Å². The number of carbonyl (C=O) groups is 4. The van der Waals surface area contributed by atoms with Crippen LogP contribution in [0.1, 0.15) is 80.1 Å². The van der Waals surface area contributed by atoms with Crippen LogP contribution < -0.4 is 10.6 Å². The van der Waals surface area contributed by atoms with Crippen molar-refractivity contribution in [2.24, 2.45) is 11.8 Å². The first-order chi connectivity index (χ1) is 17.5. The summed E-state index contributed by atoms with van der Waals surface area (Å²) in [6, 6.07) is -2.39. The van der Waals surface area contributed by atoms with Crippen molar-refractivity contribution in [2.45, 2.75) is 116 Å². The lowest BCUT2D eigenvalue weighted by Crippen LogP contribution is -2.56. The lowest BCUT2D eigenvalue weighted by Gasteiger charge is -2.37. The minimum absolute atomic E-state index is 0.110. The van der Waals surface area contributed by atoms with E-state index in [4.69, 9.17) is 4.74 Å². The molecule has 222 valence electrons. The van der Waals surface area contributed by atoms with Crippen LogP contribution in [0.4, 0.5) is 0 Å². The van der Waals surface area contributed by atoms with Crippen LogP contribution in [0.5, 0.6) is 0 Å². The number of nitrogens with one attached hydrogen (secondary N) is 2. The molecule has 0 aromatic heterocycles. The van der Waals surface area contributed by atoms with Crippen molar-refractivity contribution >= 4 is 23.6 Å². The van der Waals surface area contributed by atoms with Gasteiger partial charge in [-0.1, -0.05) is 27.2 Å². The predicted molar refractivity (Wildman–Crippen MR) is 144 cm³/mol. The number of hydrogen-bond acceptors (Lipinski definition) is 9. The molecular weight excluding hydrogens is 494 g/mol. The molecule has 11 heteroatoms. The summed E-state index contributed by atoms with van der Waals surface area (Å²) in [5, 5.41) is 35.7. The first-order valence-electron chi connectivity index (χ1n) is 13.5. The molecule has 0 aliphatic rings. The highest BCUT2D eigenvalue weighted by Gasteiger charge is 2.49. The first kappa shape index (κ1) is 35.9. The summed E-state index contributed by atoms with van der Waals surface area (Å²) in [7, 11) is 4.67. The molecule has 5 N–H and O–H groups in total. The fraction of sp³-hybridized carbons (Fsp3) is 0.852. The molecule has 0 aromatic carbocycles. The SMILES string of the molecule is CN[C@@H](C)C(=O)N(C)[C@H](C(=O)CC(CC(C)O)(OC(=O)[C@H](CC(C)C)NC)C(=O)O)[C@H](C)CCCC(C)O. The minimum atomic E-state index is -2.31. The van der Waals surface area contributed by atoms with Crippen molar-refractivity contribution in [3.8, 4) is 0 Å². The van der Waals surface area contributed by atoms with Crippen LogP contribution in [0, 0.1) is 11.8 Å².